The number of thiophene rings is 1. The Bertz CT molecular complexity index is 1290. The fourth-order valence-corrected chi connectivity index (χ4v) is 5.08. The van der Waals surface area contributed by atoms with E-state index in [1.54, 1.807) is 0 Å². The average molecular weight is 392 g/mol. The summed E-state index contributed by atoms with van der Waals surface area (Å²) in [5.41, 5.74) is 9.63. The van der Waals surface area contributed by atoms with Gasteiger partial charge in [0.05, 0.1) is 15.9 Å². The molecule has 0 saturated carbocycles. The van der Waals surface area contributed by atoms with Gasteiger partial charge in [-0.25, -0.2) is 4.98 Å². The summed E-state index contributed by atoms with van der Waals surface area (Å²) in [5.74, 6) is 0. The van der Waals surface area contributed by atoms with Crippen LogP contribution in [-0.4, -0.2) is 4.98 Å². The second-order valence-electron chi connectivity index (χ2n) is 7.40. The molecule has 0 fully saturated rings. The zero-order chi connectivity index (χ0) is 19.8. The first-order valence-corrected chi connectivity index (χ1v) is 10.6. The predicted molar refractivity (Wildman–Crippen MR) is 125 cm³/mol. The predicted octanol–water partition coefficient (Wildman–Crippen LogP) is 7.91. The van der Waals surface area contributed by atoms with E-state index in [0.29, 0.717) is 0 Å². The number of hydrogen-bond acceptors (Lipinski definition) is 2. The normalized spacial score (nSPS) is 11.1. The second kappa shape index (κ2) is 7.31. The van der Waals surface area contributed by atoms with Gasteiger partial charge in [-0.05, 0) is 65.9 Å². The number of aryl methyl sites for hydroxylation is 2. The van der Waals surface area contributed by atoms with Gasteiger partial charge in [0.2, 0.25) is 0 Å². The molecular weight excluding hydrogens is 370 g/mol. The fraction of sp³-hybridized carbons (Fsp3) is 0.0741. The topological polar surface area (TPSA) is 12.9 Å². The van der Waals surface area contributed by atoms with Crippen molar-refractivity contribution in [1.82, 2.24) is 4.98 Å². The van der Waals surface area contributed by atoms with Gasteiger partial charge in [0, 0.05) is 10.4 Å². The van der Waals surface area contributed by atoms with Crippen molar-refractivity contribution < 1.29 is 0 Å². The first kappa shape index (κ1) is 17.8. The molecule has 2 heterocycles. The van der Waals surface area contributed by atoms with E-state index in [4.69, 9.17) is 4.98 Å². The van der Waals surface area contributed by atoms with Crippen molar-refractivity contribution >= 4 is 21.6 Å². The number of hydrogen-bond donors (Lipinski definition) is 0. The van der Waals surface area contributed by atoms with Crippen LogP contribution in [0.5, 0.6) is 0 Å². The molecule has 0 atom stereocenters. The molecule has 0 radical (unpaired) electrons. The van der Waals surface area contributed by atoms with Crippen LogP contribution in [0.2, 0.25) is 0 Å². The molecule has 2 heteroatoms. The van der Waals surface area contributed by atoms with Crippen LogP contribution in [0.3, 0.4) is 0 Å². The van der Waals surface area contributed by atoms with E-state index < -0.39 is 0 Å². The Labute approximate surface area is 175 Å². The van der Waals surface area contributed by atoms with Crippen LogP contribution in [0.25, 0.3) is 43.0 Å². The number of pyridine rings is 1. The van der Waals surface area contributed by atoms with Gasteiger partial charge in [-0.15, -0.1) is 11.3 Å². The Morgan fingerprint density at radius 3 is 2.10 bits per heavy atom. The number of fused-ring (bicyclic) bond motifs is 1. The number of aromatic nitrogens is 1. The molecule has 2 aromatic heterocycles. The quantitative estimate of drug-likeness (QED) is 0.304. The highest BCUT2D eigenvalue weighted by Crippen LogP contribution is 2.37. The fourth-order valence-electron chi connectivity index (χ4n) is 3.90. The van der Waals surface area contributed by atoms with E-state index in [9.17, 15) is 0 Å². The summed E-state index contributed by atoms with van der Waals surface area (Å²) in [6.45, 7) is 4.36. The van der Waals surface area contributed by atoms with Crippen molar-refractivity contribution in [3.63, 3.8) is 0 Å². The Morgan fingerprint density at radius 2 is 1.31 bits per heavy atom. The van der Waals surface area contributed by atoms with Crippen LogP contribution in [0.4, 0.5) is 0 Å². The van der Waals surface area contributed by atoms with Gasteiger partial charge in [-0.1, -0.05) is 66.7 Å². The molecule has 5 aromatic rings. The van der Waals surface area contributed by atoms with E-state index in [0.717, 1.165) is 16.8 Å². The zero-order valence-corrected chi connectivity index (χ0v) is 17.3. The van der Waals surface area contributed by atoms with Crippen molar-refractivity contribution in [2.45, 2.75) is 13.8 Å². The summed E-state index contributed by atoms with van der Waals surface area (Å²) in [5, 5.41) is 0. The van der Waals surface area contributed by atoms with E-state index in [2.05, 4.69) is 98.8 Å². The summed E-state index contributed by atoms with van der Waals surface area (Å²) in [6.07, 6.45) is 0. The van der Waals surface area contributed by atoms with Gasteiger partial charge in [0.1, 0.15) is 0 Å². The first-order chi connectivity index (χ1) is 14.2. The minimum atomic E-state index is 1.01. The zero-order valence-electron chi connectivity index (χ0n) is 16.5. The molecule has 140 valence electrons. The standard InChI is InChI=1S/C27H21NS/c1-18-8-6-9-19(2)27(18)26-17-24-25(29-26)15-14-23(28-24)22-13-7-12-21(16-22)20-10-4-3-5-11-20/h3-17H,1-2H3. The maximum atomic E-state index is 5.00. The van der Waals surface area contributed by atoms with Crippen LogP contribution in [0.15, 0.2) is 91.0 Å². The van der Waals surface area contributed by atoms with Crippen LogP contribution in [-0.2, 0) is 0 Å². The molecule has 0 aliphatic carbocycles. The van der Waals surface area contributed by atoms with Crippen LogP contribution < -0.4 is 0 Å². The van der Waals surface area contributed by atoms with E-state index in [1.807, 2.05) is 17.4 Å². The van der Waals surface area contributed by atoms with Gasteiger partial charge >= 0.3 is 0 Å². The highest BCUT2D eigenvalue weighted by atomic mass is 32.1. The first-order valence-electron chi connectivity index (χ1n) is 9.82. The van der Waals surface area contributed by atoms with Crippen LogP contribution >= 0.6 is 11.3 Å². The highest BCUT2D eigenvalue weighted by Gasteiger charge is 2.11. The number of nitrogens with zero attached hydrogens (tertiary/aromatic N) is 1. The molecule has 0 amide bonds. The third-order valence-corrected chi connectivity index (χ3v) is 6.47. The van der Waals surface area contributed by atoms with Crippen molar-refractivity contribution in [2.75, 3.05) is 0 Å². The van der Waals surface area contributed by atoms with E-state index in [1.165, 1.54) is 37.4 Å². The minimum Gasteiger partial charge on any atom is -0.247 e. The van der Waals surface area contributed by atoms with Gasteiger partial charge in [-0.2, -0.15) is 0 Å². The molecule has 0 N–H and O–H groups in total. The Morgan fingerprint density at radius 1 is 0.621 bits per heavy atom. The molecule has 0 unspecified atom stereocenters. The summed E-state index contributed by atoms with van der Waals surface area (Å²) in [4.78, 5) is 6.29. The summed E-state index contributed by atoms with van der Waals surface area (Å²) < 4.78 is 1.23. The lowest BCUT2D eigenvalue weighted by molar-refractivity contribution is 1.39. The van der Waals surface area contributed by atoms with Crippen molar-refractivity contribution in [2.24, 2.45) is 0 Å². The number of benzene rings is 3. The van der Waals surface area contributed by atoms with Crippen molar-refractivity contribution in [1.29, 1.82) is 0 Å². The van der Waals surface area contributed by atoms with Crippen molar-refractivity contribution in [3.8, 4) is 32.8 Å². The van der Waals surface area contributed by atoms with Crippen molar-refractivity contribution in [3.05, 3.63) is 102 Å². The lowest BCUT2D eigenvalue weighted by Crippen LogP contribution is -1.85. The number of rotatable bonds is 3. The second-order valence-corrected chi connectivity index (χ2v) is 8.49. The van der Waals surface area contributed by atoms with Gasteiger partial charge in [0.25, 0.3) is 0 Å². The molecule has 0 bridgehead atoms. The smallest absolute Gasteiger partial charge is 0.0823 e. The largest absolute Gasteiger partial charge is 0.247 e. The molecule has 0 spiro atoms. The summed E-state index contributed by atoms with van der Waals surface area (Å²) in [6, 6.07) is 32.2. The molecule has 29 heavy (non-hydrogen) atoms. The van der Waals surface area contributed by atoms with E-state index in [-0.39, 0.29) is 0 Å². The minimum absolute atomic E-state index is 1.01. The van der Waals surface area contributed by atoms with Crippen LogP contribution in [0, 0.1) is 13.8 Å². The third-order valence-electron chi connectivity index (χ3n) is 5.37. The molecule has 0 aliphatic heterocycles. The maximum Gasteiger partial charge on any atom is 0.0823 e. The SMILES string of the molecule is Cc1cccc(C)c1-c1cc2nc(-c3cccc(-c4ccccc4)c3)ccc2s1. The van der Waals surface area contributed by atoms with Gasteiger partial charge in [-0.3, -0.25) is 0 Å². The lowest BCUT2D eigenvalue weighted by atomic mass is 10.0. The molecule has 3 aromatic carbocycles. The monoisotopic (exact) mass is 391 g/mol. The Balaban J connectivity index is 1.58. The van der Waals surface area contributed by atoms with Crippen LogP contribution in [0.1, 0.15) is 11.1 Å². The molecule has 5 rings (SSSR count). The molecule has 1 nitrogen and oxygen atoms in total. The summed E-state index contributed by atoms with van der Waals surface area (Å²) >= 11 is 1.82. The summed E-state index contributed by atoms with van der Waals surface area (Å²) in [7, 11) is 0. The Hall–Kier alpha value is -3.23. The van der Waals surface area contributed by atoms with Gasteiger partial charge in [0.15, 0.2) is 0 Å². The molecule has 0 saturated heterocycles. The van der Waals surface area contributed by atoms with E-state index >= 15 is 0 Å². The maximum absolute atomic E-state index is 5.00. The lowest BCUT2D eigenvalue weighted by Gasteiger charge is -2.06. The van der Waals surface area contributed by atoms with Gasteiger partial charge < -0.3 is 0 Å². The third kappa shape index (κ3) is 3.37. The molecule has 0 aliphatic rings. The average Bonchev–Trinajstić information content (AvgIpc) is 3.17. The highest BCUT2D eigenvalue weighted by molar-refractivity contribution is 7.22. The Kier molecular flexibility index (Phi) is 4.49. The molecular formula is C27H21NS.